The maximum Gasteiger partial charge on any atom is 0.173 e. The number of methoxy groups -OCH3 is 2. The first kappa shape index (κ1) is 21.1. The maximum absolute atomic E-state index is 13.0. The third-order valence-electron chi connectivity index (χ3n) is 5.39. The molecule has 0 N–H and O–H groups in total. The van der Waals surface area contributed by atoms with Gasteiger partial charge in [-0.3, -0.25) is 4.79 Å². The number of aromatic nitrogens is 1. The second-order valence-electron chi connectivity index (χ2n) is 7.16. The fourth-order valence-electron chi connectivity index (χ4n) is 3.96. The number of ether oxygens (including phenoxy) is 2. The van der Waals surface area contributed by atoms with Crippen molar-refractivity contribution in [3.8, 4) is 11.5 Å². The van der Waals surface area contributed by atoms with Crippen molar-refractivity contribution >= 4 is 5.78 Å². The van der Waals surface area contributed by atoms with Gasteiger partial charge in [-0.25, -0.2) is 4.57 Å². The van der Waals surface area contributed by atoms with Gasteiger partial charge < -0.3 is 26.5 Å². The summed E-state index contributed by atoms with van der Waals surface area (Å²) in [4.78, 5) is 13.0. The van der Waals surface area contributed by atoms with Crippen LogP contribution >= 0.6 is 0 Å². The molecule has 2 aromatic carbocycles. The number of ketones is 1. The number of benzene rings is 2. The van der Waals surface area contributed by atoms with Gasteiger partial charge in [-0.2, -0.15) is 0 Å². The summed E-state index contributed by atoms with van der Waals surface area (Å²) in [6, 6.07) is 18.3. The van der Waals surface area contributed by atoms with Crippen LogP contribution in [-0.2, 0) is 19.4 Å². The van der Waals surface area contributed by atoms with E-state index in [0.717, 1.165) is 23.4 Å². The Bertz CT molecular complexity index is 987. The Balaban J connectivity index is 0.00000240. The third kappa shape index (κ3) is 4.35. The average molecular weight is 454 g/mol. The van der Waals surface area contributed by atoms with Gasteiger partial charge >= 0.3 is 0 Å². The summed E-state index contributed by atoms with van der Waals surface area (Å²) >= 11 is 0. The molecule has 1 atom stereocenters. The number of hydrogen-bond acceptors (Lipinski definition) is 3. The van der Waals surface area contributed by atoms with E-state index in [1.807, 2.05) is 18.2 Å². The van der Waals surface area contributed by atoms with Crippen molar-refractivity contribution in [1.29, 1.82) is 0 Å². The summed E-state index contributed by atoms with van der Waals surface area (Å²) in [5, 5.41) is 0. The molecule has 3 aromatic rings. The molecule has 1 heterocycles. The van der Waals surface area contributed by atoms with Gasteiger partial charge in [0.1, 0.15) is 11.5 Å². The number of nitrogens with zero attached hydrogens (tertiary/aromatic N) is 1. The number of hydrogen-bond donors (Lipinski definition) is 0. The minimum atomic E-state index is -0.0785. The van der Waals surface area contributed by atoms with E-state index < -0.39 is 0 Å². The molecule has 29 heavy (non-hydrogen) atoms. The van der Waals surface area contributed by atoms with Crippen molar-refractivity contribution in [2.75, 3.05) is 14.2 Å². The molecule has 0 bridgehead atoms. The Kier molecular flexibility index (Phi) is 6.70. The Morgan fingerprint density at radius 3 is 2.21 bits per heavy atom. The summed E-state index contributed by atoms with van der Waals surface area (Å²) in [6.07, 6.45) is 5.56. The molecule has 5 heteroatoms. The fraction of sp³-hybridized carbons (Fsp3) is 0.250. The largest absolute Gasteiger partial charge is 1.00 e. The van der Waals surface area contributed by atoms with Gasteiger partial charge in [0.2, 0.25) is 0 Å². The van der Waals surface area contributed by atoms with E-state index in [9.17, 15) is 4.79 Å². The lowest BCUT2D eigenvalue weighted by Crippen LogP contribution is -3.00. The van der Waals surface area contributed by atoms with E-state index in [1.54, 1.807) is 14.2 Å². The molecule has 0 radical (unpaired) electrons. The summed E-state index contributed by atoms with van der Waals surface area (Å²) < 4.78 is 13.0. The second kappa shape index (κ2) is 9.23. The van der Waals surface area contributed by atoms with E-state index in [1.165, 1.54) is 5.56 Å². The van der Waals surface area contributed by atoms with E-state index in [2.05, 4.69) is 53.4 Å². The van der Waals surface area contributed by atoms with Crippen LogP contribution < -0.4 is 31.0 Å². The molecule has 4 rings (SSSR count). The van der Waals surface area contributed by atoms with Gasteiger partial charge in [-0.05, 0) is 30.5 Å². The normalized spacial score (nSPS) is 14.8. The molecule has 0 fully saturated rings. The van der Waals surface area contributed by atoms with Gasteiger partial charge in [0.25, 0.3) is 0 Å². The number of carbonyl (C=O) groups excluding carboxylic acids is 1. The number of carbonyl (C=O) groups is 1. The molecule has 1 unspecified atom stereocenters. The van der Waals surface area contributed by atoms with Crippen LogP contribution in [-0.4, -0.2) is 20.0 Å². The molecule has 0 aliphatic heterocycles. The van der Waals surface area contributed by atoms with Crippen LogP contribution in [0.2, 0.25) is 0 Å². The smallest absolute Gasteiger partial charge is 0.173 e. The highest BCUT2D eigenvalue weighted by molar-refractivity contribution is 6.05. The lowest BCUT2D eigenvalue weighted by Gasteiger charge is -2.09. The van der Waals surface area contributed by atoms with Gasteiger partial charge in [0, 0.05) is 29.2 Å². The van der Waals surface area contributed by atoms with E-state index in [4.69, 9.17) is 9.47 Å². The summed E-state index contributed by atoms with van der Waals surface area (Å²) in [6.45, 7) is 0.837. The molecule has 0 saturated carbocycles. The van der Waals surface area contributed by atoms with Crippen molar-refractivity contribution in [3.63, 3.8) is 0 Å². The molecule has 0 amide bonds. The zero-order valence-corrected chi connectivity index (χ0v) is 18.2. The molecule has 4 nitrogen and oxygen atoms in total. The lowest BCUT2D eigenvalue weighted by molar-refractivity contribution is -0.688. The number of fused-ring (bicyclic) bond motifs is 1. The van der Waals surface area contributed by atoms with Crippen LogP contribution in [0, 0.1) is 5.92 Å². The second-order valence-corrected chi connectivity index (χ2v) is 7.16. The predicted molar refractivity (Wildman–Crippen MR) is 107 cm³/mol. The third-order valence-corrected chi connectivity index (χ3v) is 5.39. The summed E-state index contributed by atoms with van der Waals surface area (Å²) in [7, 11) is 3.24. The van der Waals surface area contributed by atoms with Crippen LogP contribution in [0.4, 0.5) is 0 Å². The maximum atomic E-state index is 13.0. The number of halogens is 1. The molecule has 1 aliphatic rings. The minimum absolute atomic E-state index is 0. The predicted octanol–water partition coefficient (Wildman–Crippen LogP) is 0.641. The lowest BCUT2D eigenvalue weighted by atomic mass is 9.96. The van der Waals surface area contributed by atoms with Crippen LogP contribution in [0.15, 0.2) is 67.0 Å². The molecule has 0 saturated heterocycles. The van der Waals surface area contributed by atoms with Gasteiger partial charge in [-0.15, -0.1) is 0 Å². The van der Waals surface area contributed by atoms with E-state index in [0.29, 0.717) is 24.2 Å². The van der Waals surface area contributed by atoms with Crippen LogP contribution in [0.3, 0.4) is 0 Å². The monoisotopic (exact) mass is 453 g/mol. The van der Waals surface area contributed by atoms with Crippen LogP contribution in [0.1, 0.15) is 27.0 Å². The molecular weight excluding hydrogens is 430 g/mol. The molecule has 1 aromatic heterocycles. The number of pyridine rings is 1. The molecule has 0 spiro atoms. The Labute approximate surface area is 181 Å². The Hall–Kier alpha value is -2.66. The number of Topliss-reactive ketones (excluding diaryl/α,β-unsaturated/α-hetero) is 1. The standard InChI is InChI=1S/C24H24NO3.BrH/c1-27-21-8-9-22(28-2)23-20(21)15-19(24(23)26)14-17-10-12-25(13-11-17)16-18-6-4-3-5-7-18;/h3-13,19H,14-16H2,1-2H3;1H/q+1;/p-1. The van der Waals surface area contributed by atoms with Crippen molar-refractivity contribution in [1.82, 2.24) is 0 Å². The summed E-state index contributed by atoms with van der Waals surface area (Å²) in [5.41, 5.74) is 4.07. The first-order chi connectivity index (χ1) is 13.7. The van der Waals surface area contributed by atoms with Crippen molar-refractivity contribution in [2.45, 2.75) is 19.4 Å². The molecule has 150 valence electrons. The highest BCUT2D eigenvalue weighted by Crippen LogP contribution is 2.40. The minimum Gasteiger partial charge on any atom is -1.00 e. The van der Waals surface area contributed by atoms with Crippen molar-refractivity contribution in [2.24, 2.45) is 5.92 Å². The highest BCUT2D eigenvalue weighted by Gasteiger charge is 2.35. The number of rotatable bonds is 6. The van der Waals surface area contributed by atoms with Gasteiger partial charge in [0.05, 0.1) is 19.8 Å². The topological polar surface area (TPSA) is 39.4 Å². The molecular formula is C24H24BrNO3. The van der Waals surface area contributed by atoms with Crippen LogP contribution in [0.5, 0.6) is 11.5 Å². The fourth-order valence-corrected chi connectivity index (χ4v) is 3.96. The SMILES string of the molecule is COc1ccc(OC)c2c1CC(Cc1cc[n+](Cc3ccccc3)cc1)C2=O.[Br-]. The van der Waals surface area contributed by atoms with E-state index in [-0.39, 0.29) is 28.7 Å². The van der Waals surface area contributed by atoms with Crippen LogP contribution in [0.25, 0.3) is 0 Å². The van der Waals surface area contributed by atoms with Gasteiger partial charge in [-0.1, -0.05) is 30.3 Å². The zero-order chi connectivity index (χ0) is 19.5. The Morgan fingerprint density at radius 1 is 0.897 bits per heavy atom. The Morgan fingerprint density at radius 2 is 1.55 bits per heavy atom. The van der Waals surface area contributed by atoms with E-state index >= 15 is 0 Å². The first-order valence-corrected chi connectivity index (χ1v) is 9.49. The highest BCUT2D eigenvalue weighted by atomic mass is 79.9. The quantitative estimate of drug-likeness (QED) is 0.514. The van der Waals surface area contributed by atoms with Gasteiger partial charge in [0.15, 0.2) is 24.7 Å². The van der Waals surface area contributed by atoms with Crippen molar-refractivity contribution < 1.29 is 35.8 Å². The average Bonchev–Trinajstić information content (AvgIpc) is 3.06. The summed E-state index contributed by atoms with van der Waals surface area (Å²) in [5.74, 6) is 1.47. The molecule has 1 aliphatic carbocycles. The van der Waals surface area contributed by atoms with Crippen molar-refractivity contribution in [3.05, 3.63) is 89.2 Å². The first-order valence-electron chi connectivity index (χ1n) is 9.49. The zero-order valence-electron chi connectivity index (χ0n) is 16.6.